The molecule has 12 atom stereocenters. The van der Waals surface area contributed by atoms with Crippen molar-refractivity contribution < 1.29 is 38.5 Å². The maximum Gasteiger partial charge on any atom is 0.323 e. The Morgan fingerprint density at radius 2 is 1.68 bits per heavy atom. The second kappa shape index (κ2) is 15.8. The fourth-order valence-corrected chi connectivity index (χ4v) is 13.0. The van der Waals surface area contributed by atoms with Gasteiger partial charge in [-0.25, -0.2) is 0 Å². The molecule has 1 aromatic rings. The molecule has 4 aliphatic carbocycles. The highest BCUT2D eigenvalue weighted by atomic mass is 16.6. The molecule has 1 aliphatic heterocycles. The number of nitrogens with one attached hydrogen (secondary N) is 1. The average Bonchev–Trinajstić information content (AvgIpc) is 3.13. The summed E-state index contributed by atoms with van der Waals surface area (Å²) in [6.45, 7) is 18.4. The normalized spacial score (nSPS) is 38.5. The van der Waals surface area contributed by atoms with Gasteiger partial charge in [-0.3, -0.25) is 19.2 Å². The topological polar surface area (TPSA) is 154 Å². The second-order valence-electron chi connectivity index (χ2n) is 19.7. The summed E-state index contributed by atoms with van der Waals surface area (Å²) in [5.41, 5.74) is 6.64. The van der Waals surface area contributed by atoms with Crippen LogP contribution in [0.5, 0.6) is 0 Å². The zero-order chi connectivity index (χ0) is 40.8. The van der Waals surface area contributed by atoms with E-state index in [-0.39, 0.29) is 34.5 Å². The molecule has 3 saturated carbocycles. The van der Waals surface area contributed by atoms with Crippen molar-refractivity contribution >= 4 is 23.8 Å². The molecule has 0 radical (unpaired) electrons. The van der Waals surface area contributed by atoms with Crippen LogP contribution >= 0.6 is 0 Å². The molecule has 4 fully saturated rings. The van der Waals surface area contributed by atoms with Gasteiger partial charge in [0.25, 0.3) is 0 Å². The number of nitrogens with two attached hydrogens (primary N) is 1. The molecule has 56 heavy (non-hydrogen) atoms. The van der Waals surface area contributed by atoms with E-state index in [9.17, 15) is 24.3 Å². The monoisotopic (exact) mass is 776 g/mol. The van der Waals surface area contributed by atoms with Crippen LogP contribution in [0.4, 0.5) is 0 Å². The molecular formula is C46H68N2O8. The van der Waals surface area contributed by atoms with Crippen LogP contribution in [0, 0.1) is 56.7 Å². The molecule has 2 bridgehead atoms. The molecule has 1 heterocycles. The third-order valence-corrected chi connectivity index (χ3v) is 16.4. The largest absolute Gasteiger partial charge is 0.481 e. The smallest absolute Gasteiger partial charge is 0.323 e. The maximum atomic E-state index is 13.7. The Hall–Kier alpha value is -3.24. The van der Waals surface area contributed by atoms with E-state index in [1.807, 2.05) is 30.3 Å². The number of rotatable bonds is 13. The molecule has 10 heteroatoms. The summed E-state index contributed by atoms with van der Waals surface area (Å²) in [4.78, 5) is 52.2. The van der Waals surface area contributed by atoms with Crippen LogP contribution in [0.3, 0.4) is 0 Å². The van der Waals surface area contributed by atoms with Crippen molar-refractivity contribution in [2.45, 2.75) is 138 Å². The Labute approximate surface area is 334 Å². The second-order valence-corrected chi connectivity index (χ2v) is 19.7. The highest BCUT2D eigenvalue weighted by molar-refractivity contribution is 5.78. The summed E-state index contributed by atoms with van der Waals surface area (Å²) < 4.78 is 19.0. The average molecular weight is 777 g/mol. The van der Waals surface area contributed by atoms with Crippen molar-refractivity contribution in [3.8, 4) is 0 Å². The van der Waals surface area contributed by atoms with Crippen LogP contribution in [0.1, 0.15) is 119 Å². The van der Waals surface area contributed by atoms with Gasteiger partial charge < -0.3 is 30.4 Å². The highest BCUT2D eigenvalue weighted by Gasteiger charge is 2.72. The quantitative estimate of drug-likeness (QED) is 0.107. The number of ether oxygens (including phenoxy) is 3. The number of carbonyl (C=O) groups is 4. The molecule has 1 saturated heterocycles. The van der Waals surface area contributed by atoms with Crippen molar-refractivity contribution in [2.75, 3.05) is 19.8 Å². The van der Waals surface area contributed by atoms with Gasteiger partial charge >= 0.3 is 17.9 Å². The van der Waals surface area contributed by atoms with Crippen molar-refractivity contribution in [3.63, 3.8) is 0 Å². The molecule has 4 N–H and O–H groups in total. The Morgan fingerprint density at radius 3 is 2.34 bits per heavy atom. The first-order valence-electron chi connectivity index (χ1n) is 21.3. The van der Waals surface area contributed by atoms with Gasteiger partial charge in [-0.1, -0.05) is 90.4 Å². The number of aliphatic carboxylic acids is 1. The number of allylic oxidation sites excluding steroid dienone is 1. The van der Waals surface area contributed by atoms with E-state index in [2.05, 4.69) is 59.9 Å². The molecular weight excluding hydrogens is 709 g/mol. The summed E-state index contributed by atoms with van der Waals surface area (Å²) in [6, 6.07) is 8.73. The van der Waals surface area contributed by atoms with Crippen molar-refractivity contribution in [2.24, 2.45) is 62.4 Å². The number of benzene rings is 1. The van der Waals surface area contributed by atoms with Crippen LogP contribution < -0.4 is 11.1 Å². The van der Waals surface area contributed by atoms with Crippen LogP contribution in [0.15, 0.2) is 42.0 Å². The first-order chi connectivity index (χ1) is 26.3. The fourth-order valence-electron chi connectivity index (χ4n) is 13.0. The third-order valence-electron chi connectivity index (χ3n) is 16.4. The number of carboxylic acids is 1. The number of hydrogen-bond acceptors (Lipinski definition) is 8. The van der Waals surface area contributed by atoms with Crippen molar-refractivity contribution in [3.05, 3.63) is 47.5 Å². The predicted octanol–water partition coefficient (Wildman–Crippen LogP) is 7.27. The predicted molar refractivity (Wildman–Crippen MR) is 214 cm³/mol. The third kappa shape index (κ3) is 7.13. The molecule has 5 aliphatic rings. The number of hydrogen-bond donors (Lipinski definition) is 3. The molecule has 0 spiro atoms. The fraction of sp³-hybridized carbons (Fsp3) is 0.739. The van der Waals surface area contributed by atoms with E-state index in [4.69, 9.17) is 19.9 Å². The summed E-state index contributed by atoms with van der Waals surface area (Å²) in [5, 5.41) is 14.0. The SMILES string of the molecule is CC(=O)O[C@@H]1C[C@]23COC[C@@](C)([C@@H]2CC[C@H]2C3=CC[C@@]3(C)[C@H](C(=O)O)[C@@](C)([C@H](C)C(C)C)CC[C@]23C)[C@H]1OC(=O)C(N)CCCCNC(=O)Cc1ccccc1. The lowest BCUT2D eigenvalue weighted by atomic mass is 9.34. The van der Waals surface area contributed by atoms with E-state index < -0.39 is 58.3 Å². The minimum atomic E-state index is -0.861. The number of carbonyl (C=O) groups excluding carboxylic acids is 3. The first-order valence-corrected chi connectivity index (χ1v) is 21.3. The van der Waals surface area contributed by atoms with Crippen LogP contribution in [-0.2, 0) is 39.8 Å². The van der Waals surface area contributed by atoms with Crippen LogP contribution in [0.2, 0.25) is 0 Å². The standard InChI is InChI=1S/C46H68N2O8/c1-28(2)29(3)42(5)21-22-44(7)32-17-18-36-43(6)26-54-27-46(36,33(32)19-20-45(44,8)38(42)40(51)52)25-35(55-30(4)49)39(43)56-41(53)34(47)16-12-13-23-48-37(50)24-31-14-10-9-11-15-31/h9-11,14-15,19,28-29,32,34-36,38-39H,12-13,16-18,20-27,47H2,1-8H3,(H,48,50)(H,51,52)/t29-,32+,34?,35-,36+,38-,39+,42-,43+,44-,45+,46-/m1/s1. The van der Waals surface area contributed by atoms with Gasteiger partial charge in [0, 0.05) is 24.3 Å². The Balaban J connectivity index is 1.19. The summed E-state index contributed by atoms with van der Waals surface area (Å²) in [6.07, 6.45) is 7.75. The Morgan fingerprint density at radius 1 is 0.964 bits per heavy atom. The van der Waals surface area contributed by atoms with Gasteiger partial charge in [0.15, 0.2) is 0 Å². The van der Waals surface area contributed by atoms with Crippen molar-refractivity contribution in [1.82, 2.24) is 5.32 Å². The maximum absolute atomic E-state index is 13.7. The molecule has 1 amide bonds. The van der Waals surface area contributed by atoms with Crippen LogP contribution in [0.25, 0.3) is 0 Å². The lowest BCUT2D eigenvalue weighted by Crippen LogP contribution is -2.70. The van der Waals surface area contributed by atoms with Gasteiger partial charge in [0.05, 0.1) is 25.6 Å². The van der Waals surface area contributed by atoms with E-state index in [1.54, 1.807) is 0 Å². The van der Waals surface area contributed by atoms with E-state index in [0.29, 0.717) is 64.2 Å². The Kier molecular flexibility index (Phi) is 12.0. The van der Waals surface area contributed by atoms with Gasteiger partial charge in [-0.05, 0) is 103 Å². The lowest BCUT2D eigenvalue weighted by Gasteiger charge is -2.71. The number of esters is 2. The highest BCUT2D eigenvalue weighted by Crippen LogP contribution is 2.75. The van der Waals surface area contributed by atoms with Gasteiger partial charge in [-0.2, -0.15) is 0 Å². The summed E-state index contributed by atoms with van der Waals surface area (Å²) >= 11 is 0. The Bertz CT molecular complexity index is 1680. The molecule has 1 aromatic carbocycles. The zero-order valence-corrected chi connectivity index (χ0v) is 35.2. The number of unbranched alkanes of at least 4 members (excludes halogenated alkanes) is 1. The first kappa shape index (κ1) is 42.4. The van der Waals surface area contributed by atoms with Gasteiger partial charge in [0.1, 0.15) is 18.2 Å². The van der Waals surface area contributed by atoms with E-state index >= 15 is 0 Å². The molecule has 6 rings (SSSR count). The minimum Gasteiger partial charge on any atom is -0.481 e. The molecule has 0 aromatic heterocycles. The number of fused-ring (bicyclic) bond motifs is 3. The molecule has 10 nitrogen and oxygen atoms in total. The van der Waals surface area contributed by atoms with E-state index in [0.717, 1.165) is 31.2 Å². The summed E-state index contributed by atoms with van der Waals surface area (Å²) in [5.74, 6) is -1.26. The number of carboxylic acid groups (broad SMARTS) is 1. The molecule has 310 valence electrons. The minimum absolute atomic E-state index is 0.0451. The molecule has 1 unspecified atom stereocenters. The van der Waals surface area contributed by atoms with Crippen molar-refractivity contribution in [1.29, 1.82) is 0 Å². The van der Waals surface area contributed by atoms with Gasteiger partial charge in [-0.15, -0.1) is 0 Å². The van der Waals surface area contributed by atoms with E-state index in [1.165, 1.54) is 12.5 Å². The lowest BCUT2D eigenvalue weighted by molar-refractivity contribution is -0.263. The van der Waals surface area contributed by atoms with Crippen LogP contribution in [-0.4, -0.2) is 66.9 Å². The number of amides is 1. The van der Waals surface area contributed by atoms with Gasteiger partial charge in [0.2, 0.25) is 5.91 Å². The zero-order valence-electron chi connectivity index (χ0n) is 35.2. The summed E-state index contributed by atoms with van der Waals surface area (Å²) in [7, 11) is 0.